The Hall–Kier alpha value is -1.27. The van der Waals surface area contributed by atoms with Crippen LogP contribution in [-0.2, 0) is 14.8 Å². The average molecular weight is 417 g/mol. The van der Waals surface area contributed by atoms with E-state index in [2.05, 4.69) is 19.2 Å². The van der Waals surface area contributed by atoms with Crippen molar-refractivity contribution in [1.29, 1.82) is 0 Å². The maximum Gasteiger partial charge on any atom is 0.232 e. The number of hydrogen-bond acceptors (Lipinski definition) is 3. The molecule has 1 amide bonds. The van der Waals surface area contributed by atoms with Gasteiger partial charge in [0.05, 0.1) is 11.9 Å². The van der Waals surface area contributed by atoms with E-state index in [-0.39, 0.29) is 12.5 Å². The van der Waals surface area contributed by atoms with Crippen LogP contribution in [0.1, 0.15) is 57.9 Å². The fraction of sp³-hybridized carbons (Fsp3) is 0.650. The molecule has 0 radical (unpaired) electrons. The minimum absolute atomic E-state index is 0.0267. The van der Waals surface area contributed by atoms with E-state index in [0.29, 0.717) is 36.0 Å². The zero-order valence-electron chi connectivity index (χ0n) is 16.9. The fourth-order valence-electron chi connectivity index (χ4n) is 2.99. The first-order chi connectivity index (χ1) is 12.7. The maximum absolute atomic E-state index is 12.2. The van der Waals surface area contributed by atoms with Gasteiger partial charge in [-0.3, -0.25) is 9.10 Å². The van der Waals surface area contributed by atoms with Crippen LogP contribution in [0.2, 0.25) is 5.02 Å². The van der Waals surface area contributed by atoms with Gasteiger partial charge in [0, 0.05) is 24.5 Å². The molecule has 0 unspecified atom stereocenters. The second-order valence-electron chi connectivity index (χ2n) is 7.09. The minimum atomic E-state index is -3.45. The highest BCUT2D eigenvalue weighted by molar-refractivity contribution is 7.92. The summed E-state index contributed by atoms with van der Waals surface area (Å²) in [6, 6.07) is 5.18. The number of aryl methyl sites for hydroxylation is 1. The molecule has 0 heterocycles. The molecule has 0 aromatic heterocycles. The number of nitrogens with one attached hydrogen (secondary N) is 1. The predicted octanol–water partition coefficient (Wildman–Crippen LogP) is 4.53. The molecule has 1 rings (SSSR count). The Bertz CT molecular complexity index is 707. The molecule has 0 aliphatic rings. The molecule has 0 saturated heterocycles. The Morgan fingerprint density at radius 2 is 1.96 bits per heavy atom. The Morgan fingerprint density at radius 3 is 2.56 bits per heavy atom. The third-order valence-corrected chi connectivity index (χ3v) is 6.15. The quantitative estimate of drug-likeness (QED) is 0.544. The first kappa shape index (κ1) is 23.8. The summed E-state index contributed by atoms with van der Waals surface area (Å²) in [4.78, 5) is 12.1. The van der Waals surface area contributed by atoms with Crippen LogP contribution < -0.4 is 9.62 Å². The van der Waals surface area contributed by atoms with E-state index in [9.17, 15) is 13.2 Å². The number of benzene rings is 1. The van der Waals surface area contributed by atoms with Crippen molar-refractivity contribution in [2.75, 3.05) is 23.7 Å². The molecule has 0 spiro atoms. The lowest BCUT2D eigenvalue weighted by molar-refractivity contribution is -0.121. The van der Waals surface area contributed by atoms with Crippen molar-refractivity contribution in [3.05, 3.63) is 28.8 Å². The number of nitrogens with zero attached hydrogens (tertiary/aromatic N) is 1. The second-order valence-corrected chi connectivity index (χ2v) is 9.43. The van der Waals surface area contributed by atoms with Gasteiger partial charge in [0.15, 0.2) is 0 Å². The van der Waals surface area contributed by atoms with Crippen molar-refractivity contribution in [2.45, 2.75) is 59.3 Å². The van der Waals surface area contributed by atoms with Crippen LogP contribution in [0.3, 0.4) is 0 Å². The van der Waals surface area contributed by atoms with Gasteiger partial charge in [-0.25, -0.2) is 8.42 Å². The summed E-state index contributed by atoms with van der Waals surface area (Å²) in [6.45, 7) is 7.10. The molecule has 1 aromatic carbocycles. The van der Waals surface area contributed by atoms with Gasteiger partial charge < -0.3 is 5.32 Å². The van der Waals surface area contributed by atoms with E-state index in [1.165, 1.54) is 17.0 Å². The molecule has 0 aliphatic heterocycles. The van der Waals surface area contributed by atoms with E-state index >= 15 is 0 Å². The molecular formula is C20H33ClN2O3S. The third-order valence-electron chi connectivity index (χ3n) is 4.74. The van der Waals surface area contributed by atoms with Crippen molar-refractivity contribution < 1.29 is 13.2 Å². The first-order valence-corrected chi connectivity index (χ1v) is 11.9. The molecule has 0 saturated carbocycles. The summed E-state index contributed by atoms with van der Waals surface area (Å²) >= 11 is 6.03. The van der Waals surface area contributed by atoms with Crippen molar-refractivity contribution in [1.82, 2.24) is 5.32 Å². The number of anilines is 1. The summed E-state index contributed by atoms with van der Waals surface area (Å²) < 4.78 is 25.7. The SMILES string of the molecule is CCCC[C@H](CC)CNC(=O)CCCN(c1cc(Cl)ccc1C)S(C)(=O)=O. The predicted molar refractivity (Wildman–Crippen MR) is 114 cm³/mol. The van der Waals surface area contributed by atoms with Gasteiger partial charge in [-0.05, 0) is 43.4 Å². The molecule has 1 N–H and O–H groups in total. The monoisotopic (exact) mass is 416 g/mol. The zero-order chi connectivity index (χ0) is 20.4. The molecule has 27 heavy (non-hydrogen) atoms. The van der Waals surface area contributed by atoms with Crippen LogP contribution in [0.5, 0.6) is 0 Å². The lowest BCUT2D eigenvalue weighted by Gasteiger charge is -2.24. The molecular weight excluding hydrogens is 384 g/mol. The molecule has 7 heteroatoms. The number of sulfonamides is 1. The number of hydrogen-bond donors (Lipinski definition) is 1. The summed E-state index contributed by atoms with van der Waals surface area (Å²) in [5.74, 6) is 0.483. The van der Waals surface area contributed by atoms with Gasteiger partial charge in [0.25, 0.3) is 0 Å². The summed E-state index contributed by atoms with van der Waals surface area (Å²) in [6.07, 6.45) is 6.45. The zero-order valence-corrected chi connectivity index (χ0v) is 18.5. The number of amides is 1. The fourth-order valence-corrected chi connectivity index (χ4v) is 4.17. The molecule has 0 fully saturated rings. The third kappa shape index (κ3) is 8.52. The van der Waals surface area contributed by atoms with Gasteiger partial charge >= 0.3 is 0 Å². The van der Waals surface area contributed by atoms with Gasteiger partial charge in [-0.1, -0.05) is 50.8 Å². The Kier molecular flexibility index (Phi) is 10.2. The largest absolute Gasteiger partial charge is 0.356 e. The topological polar surface area (TPSA) is 66.5 Å². The van der Waals surface area contributed by atoms with Gasteiger partial charge in [-0.2, -0.15) is 0 Å². The van der Waals surface area contributed by atoms with Crippen LogP contribution in [0.15, 0.2) is 18.2 Å². The first-order valence-electron chi connectivity index (χ1n) is 9.69. The van der Waals surface area contributed by atoms with Crippen LogP contribution in [0.25, 0.3) is 0 Å². The molecule has 5 nitrogen and oxygen atoms in total. The molecule has 0 aliphatic carbocycles. The number of rotatable bonds is 12. The molecule has 1 atom stereocenters. The van der Waals surface area contributed by atoms with E-state index < -0.39 is 10.0 Å². The highest BCUT2D eigenvalue weighted by Gasteiger charge is 2.20. The average Bonchev–Trinajstić information content (AvgIpc) is 2.60. The van der Waals surface area contributed by atoms with Crippen molar-refractivity contribution in [3.8, 4) is 0 Å². The number of carbonyl (C=O) groups is 1. The number of unbranched alkanes of at least 4 members (excludes halogenated alkanes) is 1. The van der Waals surface area contributed by atoms with Crippen LogP contribution in [0, 0.1) is 12.8 Å². The van der Waals surface area contributed by atoms with Crippen molar-refractivity contribution in [3.63, 3.8) is 0 Å². The van der Waals surface area contributed by atoms with Gasteiger partial charge in [0.2, 0.25) is 15.9 Å². The van der Waals surface area contributed by atoms with E-state index in [1.54, 1.807) is 18.2 Å². The van der Waals surface area contributed by atoms with Crippen LogP contribution >= 0.6 is 11.6 Å². The smallest absolute Gasteiger partial charge is 0.232 e. The van der Waals surface area contributed by atoms with E-state index in [4.69, 9.17) is 11.6 Å². The lowest BCUT2D eigenvalue weighted by atomic mass is 9.99. The minimum Gasteiger partial charge on any atom is -0.356 e. The normalized spacial score (nSPS) is 12.6. The molecule has 154 valence electrons. The second kappa shape index (κ2) is 11.5. The Morgan fingerprint density at radius 1 is 1.26 bits per heavy atom. The van der Waals surface area contributed by atoms with Crippen LogP contribution in [-0.4, -0.2) is 33.7 Å². The standard InChI is InChI=1S/C20H33ClN2O3S/c1-5-7-9-17(6-2)15-22-20(24)10-8-13-23(27(4,25)26)19-14-18(21)12-11-16(19)3/h11-12,14,17H,5-10,13,15H2,1-4H3,(H,22,24)/t17-/m0/s1. The number of halogens is 1. The van der Waals surface area contributed by atoms with Crippen molar-refractivity contribution in [2.24, 2.45) is 5.92 Å². The Labute approximate surface area is 169 Å². The Balaban J connectivity index is 2.60. The summed E-state index contributed by atoms with van der Waals surface area (Å²) in [5, 5.41) is 3.47. The highest BCUT2D eigenvalue weighted by atomic mass is 35.5. The molecule has 0 bridgehead atoms. The number of carbonyl (C=O) groups excluding carboxylic acids is 1. The lowest BCUT2D eigenvalue weighted by Crippen LogP contribution is -2.33. The van der Waals surface area contributed by atoms with Gasteiger partial charge in [0.1, 0.15) is 0 Å². The summed E-state index contributed by atoms with van der Waals surface area (Å²) in [5.41, 5.74) is 1.40. The van der Waals surface area contributed by atoms with E-state index in [1.807, 2.05) is 6.92 Å². The van der Waals surface area contributed by atoms with Crippen molar-refractivity contribution >= 4 is 33.2 Å². The highest BCUT2D eigenvalue weighted by Crippen LogP contribution is 2.26. The van der Waals surface area contributed by atoms with E-state index in [0.717, 1.165) is 24.8 Å². The summed E-state index contributed by atoms with van der Waals surface area (Å²) in [7, 11) is -3.45. The van der Waals surface area contributed by atoms with Gasteiger partial charge in [-0.15, -0.1) is 0 Å². The van der Waals surface area contributed by atoms with Crippen LogP contribution in [0.4, 0.5) is 5.69 Å². The molecule has 1 aromatic rings. The maximum atomic E-state index is 12.2.